The van der Waals surface area contributed by atoms with E-state index >= 15 is 0 Å². The molecule has 0 atom stereocenters. The Labute approximate surface area is 120 Å². The van der Waals surface area contributed by atoms with Gasteiger partial charge >= 0.3 is 11.9 Å². The van der Waals surface area contributed by atoms with Crippen molar-refractivity contribution in [3.63, 3.8) is 0 Å². The second-order valence-corrected chi connectivity index (χ2v) is 3.90. The van der Waals surface area contributed by atoms with Crippen LogP contribution in [-0.2, 0) is 20.7 Å². The molecule has 0 N–H and O–H groups in total. The fourth-order valence-corrected chi connectivity index (χ4v) is 1.55. The van der Waals surface area contributed by atoms with Gasteiger partial charge in [-0.05, 0) is 6.07 Å². The molecule has 0 aromatic heterocycles. The van der Waals surface area contributed by atoms with E-state index in [1.54, 1.807) is 6.07 Å². The number of hydrogen-bond donors (Lipinski definition) is 0. The van der Waals surface area contributed by atoms with Crippen LogP contribution in [0.1, 0.15) is 22.3 Å². The third-order valence-corrected chi connectivity index (χ3v) is 2.51. The van der Waals surface area contributed by atoms with Gasteiger partial charge in [-0.1, -0.05) is 6.07 Å². The van der Waals surface area contributed by atoms with Gasteiger partial charge in [0.1, 0.15) is 6.61 Å². The first-order valence-corrected chi connectivity index (χ1v) is 5.87. The Balaban J connectivity index is 2.92. The Morgan fingerprint density at radius 3 is 2.71 bits per heavy atom. The molecule has 0 unspecified atom stereocenters. The molecule has 0 bridgehead atoms. The third-order valence-electron chi connectivity index (χ3n) is 2.51. The fraction of sp³-hybridized carbons (Fsp3) is 0.308. The Kier molecular flexibility index (Phi) is 5.82. The van der Waals surface area contributed by atoms with Crippen molar-refractivity contribution in [2.45, 2.75) is 12.8 Å². The second kappa shape index (κ2) is 7.59. The van der Waals surface area contributed by atoms with Crippen LogP contribution in [0.15, 0.2) is 18.2 Å². The SMILES string of the molecule is COC(=O)c1ccc(CC(=O)OCCC#N)c([N+](=O)[O-])c1. The summed E-state index contributed by atoms with van der Waals surface area (Å²) in [5, 5.41) is 19.3. The van der Waals surface area contributed by atoms with E-state index in [2.05, 4.69) is 4.74 Å². The minimum atomic E-state index is -0.707. The predicted molar refractivity (Wildman–Crippen MR) is 69.3 cm³/mol. The summed E-state index contributed by atoms with van der Waals surface area (Å²) < 4.78 is 9.22. The minimum absolute atomic E-state index is 0.0193. The van der Waals surface area contributed by atoms with Crippen molar-refractivity contribution in [2.75, 3.05) is 13.7 Å². The minimum Gasteiger partial charge on any atom is -0.465 e. The van der Waals surface area contributed by atoms with E-state index in [-0.39, 0.29) is 36.3 Å². The number of nitro groups is 1. The molecule has 0 heterocycles. The molecule has 8 nitrogen and oxygen atoms in total. The number of nitriles is 1. The predicted octanol–water partition coefficient (Wildman–Crippen LogP) is 1.38. The van der Waals surface area contributed by atoms with Gasteiger partial charge < -0.3 is 9.47 Å². The highest BCUT2D eigenvalue weighted by Crippen LogP contribution is 2.21. The molecular weight excluding hydrogens is 280 g/mol. The highest BCUT2D eigenvalue weighted by Gasteiger charge is 2.20. The summed E-state index contributed by atoms with van der Waals surface area (Å²) in [4.78, 5) is 33.1. The number of methoxy groups -OCH3 is 1. The van der Waals surface area contributed by atoms with E-state index in [9.17, 15) is 19.7 Å². The maximum atomic E-state index is 11.5. The van der Waals surface area contributed by atoms with Gasteiger partial charge in [-0.15, -0.1) is 0 Å². The number of benzene rings is 1. The average Bonchev–Trinajstić information content (AvgIpc) is 2.46. The highest BCUT2D eigenvalue weighted by atomic mass is 16.6. The molecular formula is C13H12N2O6. The van der Waals surface area contributed by atoms with Gasteiger partial charge in [0.05, 0.1) is 36.5 Å². The molecule has 21 heavy (non-hydrogen) atoms. The fourth-order valence-electron chi connectivity index (χ4n) is 1.55. The van der Waals surface area contributed by atoms with Crippen LogP contribution in [-0.4, -0.2) is 30.6 Å². The van der Waals surface area contributed by atoms with Crippen LogP contribution in [0.5, 0.6) is 0 Å². The van der Waals surface area contributed by atoms with E-state index in [1.165, 1.54) is 12.1 Å². The molecule has 1 aromatic carbocycles. The number of nitro benzene ring substituents is 1. The number of esters is 2. The first kappa shape index (κ1) is 16.1. The van der Waals surface area contributed by atoms with Gasteiger partial charge in [0.15, 0.2) is 0 Å². The summed E-state index contributed by atoms with van der Waals surface area (Å²) in [6, 6.07) is 5.48. The van der Waals surface area contributed by atoms with Crippen LogP contribution in [0, 0.1) is 21.4 Å². The van der Waals surface area contributed by atoms with Crippen molar-refractivity contribution < 1.29 is 24.0 Å². The van der Waals surface area contributed by atoms with Gasteiger partial charge in [0.25, 0.3) is 5.69 Å². The molecule has 0 radical (unpaired) electrons. The molecule has 0 aliphatic rings. The number of carbonyl (C=O) groups excluding carboxylic acids is 2. The molecule has 0 saturated heterocycles. The lowest BCUT2D eigenvalue weighted by atomic mass is 10.1. The van der Waals surface area contributed by atoms with E-state index < -0.39 is 16.9 Å². The molecule has 0 fully saturated rings. The summed E-state index contributed by atoms with van der Waals surface area (Å²) in [7, 11) is 1.16. The number of carbonyl (C=O) groups is 2. The first-order chi connectivity index (χ1) is 9.99. The number of rotatable bonds is 6. The molecule has 110 valence electrons. The maximum Gasteiger partial charge on any atom is 0.338 e. The van der Waals surface area contributed by atoms with Gasteiger partial charge in [0.2, 0.25) is 0 Å². The second-order valence-electron chi connectivity index (χ2n) is 3.90. The number of nitrogens with zero attached hydrogens (tertiary/aromatic N) is 2. The summed E-state index contributed by atoms with van der Waals surface area (Å²) in [5.74, 6) is -1.39. The third kappa shape index (κ3) is 4.58. The molecule has 1 aromatic rings. The molecule has 0 aliphatic heterocycles. The molecule has 8 heteroatoms. The summed E-state index contributed by atoms with van der Waals surface area (Å²) in [5.41, 5.74) is -0.226. The Morgan fingerprint density at radius 2 is 2.14 bits per heavy atom. The average molecular weight is 292 g/mol. The lowest BCUT2D eigenvalue weighted by Crippen LogP contribution is -2.11. The number of hydrogen-bond acceptors (Lipinski definition) is 7. The quantitative estimate of drug-likeness (QED) is 0.336. The lowest BCUT2D eigenvalue weighted by Gasteiger charge is -2.05. The van der Waals surface area contributed by atoms with Crippen LogP contribution in [0.4, 0.5) is 5.69 Å². The van der Waals surface area contributed by atoms with Crippen LogP contribution in [0.3, 0.4) is 0 Å². The standard InChI is InChI=1S/C13H12N2O6/c1-20-13(17)10-4-3-9(11(7-10)15(18)19)8-12(16)21-6-2-5-14/h3-4,7H,2,6,8H2,1H3. The summed E-state index contributed by atoms with van der Waals surface area (Å²) in [6.07, 6.45) is -0.266. The van der Waals surface area contributed by atoms with Gasteiger partial charge in [-0.25, -0.2) is 4.79 Å². The first-order valence-electron chi connectivity index (χ1n) is 5.87. The smallest absolute Gasteiger partial charge is 0.338 e. The van der Waals surface area contributed by atoms with Gasteiger partial charge in [0, 0.05) is 11.6 Å². The monoisotopic (exact) mass is 292 g/mol. The largest absolute Gasteiger partial charge is 0.465 e. The van der Waals surface area contributed by atoms with Gasteiger partial charge in [-0.2, -0.15) is 5.26 Å². The van der Waals surface area contributed by atoms with E-state index in [0.717, 1.165) is 13.2 Å². The zero-order chi connectivity index (χ0) is 15.8. The Morgan fingerprint density at radius 1 is 1.43 bits per heavy atom. The lowest BCUT2D eigenvalue weighted by molar-refractivity contribution is -0.385. The Hall–Kier alpha value is -2.95. The van der Waals surface area contributed by atoms with Crippen molar-refractivity contribution in [3.05, 3.63) is 39.4 Å². The van der Waals surface area contributed by atoms with Gasteiger partial charge in [-0.3, -0.25) is 14.9 Å². The maximum absolute atomic E-state index is 11.5. The normalized spacial score (nSPS) is 9.52. The molecule has 0 spiro atoms. The summed E-state index contributed by atoms with van der Waals surface area (Å²) in [6.45, 7) is -0.0661. The van der Waals surface area contributed by atoms with Crippen molar-refractivity contribution in [2.24, 2.45) is 0 Å². The molecule has 0 amide bonds. The molecule has 1 rings (SSSR count). The van der Waals surface area contributed by atoms with E-state index in [4.69, 9.17) is 10.00 Å². The van der Waals surface area contributed by atoms with Crippen molar-refractivity contribution in [1.82, 2.24) is 0 Å². The topological polar surface area (TPSA) is 120 Å². The van der Waals surface area contributed by atoms with Crippen LogP contribution >= 0.6 is 0 Å². The van der Waals surface area contributed by atoms with Crippen molar-refractivity contribution >= 4 is 17.6 Å². The Bertz CT molecular complexity index is 605. The molecule has 0 saturated carbocycles. The summed E-state index contributed by atoms with van der Waals surface area (Å²) >= 11 is 0. The molecule has 0 aliphatic carbocycles. The number of ether oxygens (including phenoxy) is 2. The zero-order valence-electron chi connectivity index (χ0n) is 11.2. The zero-order valence-corrected chi connectivity index (χ0v) is 11.2. The van der Waals surface area contributed by atoms with Crippen molar-refractivity contribution in [1.29, 1.82) is 5.26 Å². The van der Waals surface area contributed by atoms with E-state index in [0.29, 0.717) is 0 Å². The van der Waals surface area contributed by atoms with Crippen LogP contribution in [0.2, 0.25) is 0 Å². The van der Waals surface area contributed by atoms with Crippen LogP contribution < -0.4 is 0 Å². The van der Waals surface area contributed by atoms with Crippen molar-refractivity contribution in [3.8, 4) is 6.07 Å². The highest BCUT2D eigenvalue weighted by molar-refractivity contribution is 5.90. The van der Waals surface area contributed by atoms with E-state index in [1.807, 2.05) is 0 Å². The van der Waals surface area contributed by atoms with Crippen LogP contribution in [0.25, 0.3) is 0 Å².